The largest absolute Gasteiger partial charge is 0.853 e. The Bertz CT molecular complexity index is 652. The highest BCUT2D eigenvalue weighted by Gasteiger charge is 2.44. The van der Waals surface area contributed by atoms with Gasteiger partial charge in [-0.2, -0.15) is 18.3 Å². The van der Waals surface area contributed by atoms with Crippen LogP contribution in [0.5, 0.6) is 5.88 Å². The molecule has 0 amide bonds. The maximum Gasteiger partial charge on any atom is 0.443 e. The van der Waals surface area contributed by atoms with Gasteiger partial charge in [0.1, 0.15) is 0 Å². The molecule has 1 aromatic heterocycles. The maximum absolute atomic E-state index is 12.6. The SMILES string of the molecule is Cc1ccc(-n2nc(C(F)(F)F)c([N+]#N)c2[O-])cc1. The Kier molecular flexibility index (Phi) is 2.90. The molecule has 2 aromatic rings. The van der Waals surface area contributed by atoms with Crippen LogP contribution in [0.1, 0.15) is 11.3 Å². The topological polar surface area (TPSA) is 69.0 Å². The lowest BCUT2D eigenvalue weighted by Crippen LogP contribution is -2.08. The molecule has 0 spiro atoms. The van der Waals surface area contributed by atoms with Gasteiger partial charge in [0.2, 0.25) is 5.39 Å². The van der Waals surface area contributed by atoms with Crippen LogP contribution < -0.4 is 5.11 Å². The second kappa shape index (κ2) is 4.28. The van der Waals surface area contributed by atoms with Gasteiger partial charge < -0.3 is 5.11 Å². The molecule has 0 N–H and O–H groups in total. The van der Waals surface area contributed by atoms with Gasteiger partial charge in [0, 0.05) is 0 Å². The molecule has 0 radical (unpaired) electrons. The molecule has 0 aliphatic rings. The van der Waals surface area contributed by atoms with Gasteiger partial charge in [-0.05, 0) is 19.1 Å². The Morgan fingerprint density at radius 1 is 1.26 bits per heavy atom. The van der Waals surface area contributed by atoms with Gasteiger partial charge in [0.05, 0.1) is 11.6 Å². The number of nitrogens with zero attached hydrogens (tertiary/aromatic N) is 4. The maximum atomic E-state index is 12.6. The van der Waals surface area contributed by atoms with E-state index in [2.05, 4.69) is 10.1 Å². The van der Waals surface area contributed by atoms with E-state index in [9.17, 15) is 18.3 Å². The van der Waals surface area contributed by atoms with E-state index >= 15 is 0 Å². The smallest absolute Gasteiger partial charge is 0.443 e. The van der Waals surface area contributed by atoms with Crippen molar-refractivity contribution in [3.8, 4) is 11.6 Å². The first-order valence-corrected chi connectivity index (χ1v) is 5.14. The van der Waals surface area contributed by atoms with E-state index in [1.165, 1.54) is 12.1 Å². The van der Waals surface area contributed by atoms with E-state index in [1.807, 2.05) is 0 Å². The van der Waals surface area contributed by atoms with Gasteiger partial charge >= 0.3 is 11.9 Å². The normalized spacial score (nSPS) is 11.3. The molecule has 8 heteroatoms. The van der Waals surface area contributed by atoms with Crippen molar-refractivity contribution in [2.75, 3.05) is 0 Å². The molecule has 0 saturated heterocycles. The molecule has 0 bridgehead atoms. The molecule has 0 aliphatic heterocycles. The zero-order valence-electron chi connectivity index (χ0n) is 9.64. The fourth-order valence-corrected chi connectivity index (χ4v) is 1.54. The molecule has 1 aromatic carbocycles. The minimum Gasteiger partial charge on any atom is -0.853 e. The summed E-state index contributed by atoms with van der Waals surface area (Å²) in [6, 6.07) is 6.15. The van der Waals surface area contributed by atoms with E-state index in [1.54, 1.807) is 19.1 Å². The second-order valence-electron chi connectivity index (χ2n) is 3.85. The van der Waals surface area contributed by atoms with Crippen LogP contribution in [0, 0.1) is 12.3 Å². The fraction of sp³-hybridized carbons (Fsp3) is 0.182. The number of diazo groups is 1. The summed E-state index contributed by atoms with van der Waals surface area (Å²) in [4.78, 5) is 2.38. The third-order valence-electron chi connectivity index (χ3n) is 2.47. The fourth-order valence-electron chi connectivity index (χ4n) is 1.54. The lowest BCUT2D eigenvalue weighted by Gasteiger charge is -2.07. The molecule has 0 aliphatic carbocycles. The number of hydrogen-bond donors (Lipinski definition) is 0. The minimum absolute atomic E-state index is 0.163. The van der Waals surface area contributed by atoms with Crippen molar-refractivity contribution in [3.05, 3.63) is 40.5 Å². The van der Waals surface area contributed by atoms with Crippen molar-refractivity contribution in [1.29, 1.82) is 5.39 Å². The highest BCUT2D eigenvalue weighted by Crippen LogP contribution is 2.40. The monoisotopic (exact) mass is 268 g/mol. The molecule has 2 rings (SSSR count). The van der Waals surface area contributed by atoms with Crippen molar-refractivity contribution >= 4 is 5.69 Å². The van der Waals surface area contributed by atoms with Crippen LogP contribution in [0.2, 0.25) is 0 Å². The van der Waals surface area contributed by atoms with Crippen molar-refractivity contribution in [1.82, 2.24) is 9.78 Å². The molecule has 5 nitrogen and oxygen atoms in total. The average molecular weight is 268 g/mol. The lowest BCUT2D eigenvalue weighted by atomic mass is 10.2. The van der Waals surface area contributed by atoms with E-state index in [0.29, 0.717) is 4.68 Å². The molecule has 0 saturated carbocycles. The molecule has 19 heavy (non-hydrogen) atoms. The van der Waals surface area contributed by atoms with E-state index in [4.69, 9.17) is 5.39 Å². The lowest BCUT2D eigenvalue weighted by molar-refractivity contribution is -0.276. The van der Waals surface area contributed by atoms with Crippen LogP contribution in [0.25, 0.3) is 10.7 Å². The molecule has 98 valence electrons. The highest BCUT2D eigenvalue weighted by molar-refractivity contribution is 5.60. The van der Waals surface area contributed by atoms with Crippen molar-refractivity contribution in [2.24, 2.45) is 0 Å². The highest BCUT2D eigenvalue weighted by atomic mass is 19.4. The molecule has 0 atom stereocenters. The number of alkyl halides is 3. The summed E-state index contributed by atoms with van der Waals surface area (Å²) in [5, 5.41) is 23.4. The van der Waals surface area contributed by atoms with E-state index in [-0.39, 0.29) is 5.69 Å². The summed E-state index contributed by atoms with van der Waals surface area (Å²) in [5.41, 5.74) is -1.59. The first-order chi connectivity index (χ1) is 8.84. The van der Waals surface area contributed by atoms with Gasteiger partial charge in [0.15, 0.2) is 4.98 Å². The Morgan fingerprint density at radius 3 is 2.26 bits per heavy atom. The number of aromatic nitrogens is 2. The van der Waals surface area contributed by atoms with Crippen molar-refractivity contribution in [3.63, 3.8) is 0 Å². The Hall–Kier alpha value is -2.56. The van der Waals surface area contributed by atoms with Crippen LogP contribution in [0.15, 0.2) is 24.3 Å². The van der Waals surface area contributed by atoms with Gasteiger partial charge in [-0.3, -0.25) is 0 Å². The third-order valence-corrected chi connectivity index (χ3v) is 2.47. The van der Waals surface area contributed by atoms with Crippen LogP contribution in [-0.2, 0) is 6.18 Å². The molecule has 0 fully saturated rings. The Labute approximate surface area is 105 Å². The number of aryl methyl sites for hydroxylation is 1. The Balaban J connectivity index is 2.64. The van der Waals surface area contributed by atoms with Crippen LogP contribution >= 0.6 is 0 Å². The summed E-state index contributed by atoms with van der Waals surface area (Å²) in [6.45, 7) is 1.79. The van der Waals surface area contributed by atoms with Gasteiger partial charge in [-0.1, -0.05) is 17.7 Å². The number of rotatable bonds is 1. The second-order valence-corrected chi connectivity index (χ2v) is 3.85. The quantitative estimate of drug-likeness (QED) is 0.747. The summed E-state index contributed by atoms with van der Waals surface area (Å²) >= 11 is 0. The molecule has 0 unspecified atom stereocenters. The van der Waals surface area contributed by atoms with E-state index in [0.717, 1.165) is 5.56 Å². The van der Waals surface area contributed by atoms with Crippen molar-refractivity contribution < 1.29 is 18.3 Å². The van der Waals surface area contributed by atoms with Gasteiger partial charge in [-0.15, -0.1) is 0 Å². The molecular formula is C11H7F3N4O. The zero-order chi connectivity index (χ0) is 14.2. The third kappa shape index (κ3) is 2.22. The van der Waals surface area contributed by atoms with Crippen LogP contribution in [0.3, 0.4) is 0 Å². The number of halogens is 3. The number of hydrogen-bond acceptors (Lipinski definition) is 3. The average Bonchev–Trinajstić information content (AvgIpc) is 2.67. The molecular weight excluding hydrogens is 261 g/mol. The molecule has 1 heterocycles. The van der Waals surface area contributed by atoms with Crippen LogP contribution in [0.4, 0.5) is 18.9 Å². The van der Waals surface area contributed by atoms with Crippen molar-refractivity contribution in [2.45, 2.75) is 13.1 Å². The zero-order valence-corrected chi connectivity index (χ0v) is 9.64. The van der Waals surface area contributed by atoms with Gasteiger partial charge in [0.25, 0.3) is 5.69 Å². The summed E-state index contributed by atoms with van der Waals surface area (Å²) in [7, 11) is 0. The predicted molar refractivity (Wildman–Crippen MR) is 57.5 cm³/mol. The van der Waals surface area contributed by atoms with Gasteiger partial charge in [-0.25, -0.2) is 4.68 Å². The first kappa shape index (κ1) is 12.9. The number of benzene rings is 1. The standard InChI is InChI=1S/C11H7F3N4O/c1-6-2-4-7(5-3-6)18-10(19)8(16-15)9(17-18)11(12,13)14/h2-5H,1H3. The van der Waals surface area contributed by atoms with E-state index < -0.39 is 23.4 Å². The first-order valence-electron chi connectivity index (χ1n) is 5.14. The Morgan fingerprint density at radius 2 is 1.84 bits per heavy atom. The van der Waals surface area contributed by atoms with Crippen LogP contribution in [-0.4, -0.2) is 9.78 Å². The predicted octanol–water partition coefficient (Wildman–Crippen LogP) is 2.76. The minimum atomic E-state index is -4.86. The summed E-state index contributed by atoms with van der Waals surface area (Å²) in [5.74, 6) is -1.13. The summed E-state index contributed by atoms with van der Waals surface area (Å²) < 4.78 is 38.4. The summed E-state index contributed by atoms with van der Waals surface area (Å²) in [6.07, 6.45) is -4.86.